The van der Waals surface area contributed by atoms with Gasteiger partial charge in [0, 0.05) is 181 Å². The Balaban J connectivity index is 1.05. The van der Waals surface area contributed by atoms with Crippen LogP contribution < -0.4 is 5.32 Å². The molecular formula is C48H95N9O6. The molecule has 0 aliphatic carbocycles. The number of hydrogen-bond donors (Lipinski definition) is 1. The average molecular weight is 894 g/mol. The average Bonchev–Trinajstić information content (AvgIpc) is 4.03. The van der Waals surface area contributed by atoms with Crippen LogP contribution in [0.2, 0.25) is 0 Å². The van der Waals surface area contributed by atoms with Gasteiger partial charge in [-0.1, -0.05) is 41.5 Å². The lowest BCUT2D eigenvalue weighted by Gasteiger charge is -2.51. The zero-order chi connectivity index (χ0) is 44.7. The number of nitrogens with zero attached hydrogens (tertiary/aromatic N) is 8. The Morgan fingerprint density at radius 3 is 1.24 bits per heavy atom. The third-order valence-electron chi connectivity index (χ3n) is 14.6. The predicted molar refractivity (Wildman–Crippen MR) is 253 cm³/mol. The van der Waals surface area contributed by atoms with Crippen LogP contribution >= 0.6 is 0 Å². The van der Waals surface area contributed by atoms with E-state index in [2.05, 4.69) is 86.1 Å². The van der Waals surface area contributed by atoms with Gasteiger partial charge in [-0.2, -0.15) is 0 Å². The number of nitrogens with one attached hydrogen (secondary N) is 1. The number of likely N-dealkylation sites (tertiary alicyclic amines) is 4. The van der Waals surface area contributed by atoms with Crippen LogP contribution in [0.3, 0.4) is 0 Å². The summed E-state index contributed by atoms with van der Waals surface area (Å²) in [6, 6.07) is 3.11. The highest BCUT2D eigenvalue weighted by molar-refractivity contribution is 5.18. The number of fused-ring (bicyclic) bond motifs is 4. The van der Waals surface area contributed by atoms with Crippen molar-refractivity contribution in [2.24, 2.45) is 10.8 Å². The fourth-order valence-electron chi connectivity index (χ4n) is 11.3. The summed E-state index contributed by atoms with van der Waals surface area (Å²) < 4.78 is 36.2. The number of methoxy groups -OCH3 is 2. The zero-order valence-corrected chi connectivity index (χ0v) is 41.6. The molecule has 6 saturated heterocycles. The quantitative estimate of drug-likeness (QED) is 0.106. The van der Waals surface area contributed by atoms with E-state index in [1.165, 1.54) is 12.8 Å². The zero-order valence-electron chi connectivity index (χ0n) is 41.6. The molecule has 0 aromatic heterocycles. The van der Waals surface area contributed by atoms with Crippen LogP contribution in [-0.4, -0.2) is 287 Å². The Morgan fingerprint density at radius 1 is 0.444 bits per heavy atom. The van der Waals surface area contributed by atoms with E-state index in [0.29, 0.717) is 36.3 Å². The summed E-state index contributed by atoms with van der Waals surface area (Å²) in [5, 5.41) is 3.60. The lowest BCUT2D eigenvalue weighted by atomic mass is 9.93. The summed E-state index contributed by atoms with van der Waals surface area (Å²) in [5.41, 5.74) is 0.464. The van der Waals surface area contributed by atoms with Crippen LogP contribution in [-0.2, 0) is 28.4 Å². The van der Waals surface area contributed by atoms with E-state index in [-0.39, 0.29) is 10.8 Å². The van der Waals surface area contributed by atoms with Gasteiger partial charge < -0.3 is 33.7 Å². The van der Waals surface area contributed by atoms with E-state index < -0.39 is 0 Å². The third-order valence-corrected chi connectivity index (χ3v) is 14.6. The van der Waals surface area contributed by atoms with Gasteiger partial charge in [0.05, 0.1) is 66.1 Å². The van der Waals surface area contributed by atoms with Gasteiger partial charge in [0.1, 0.15) is 0 Å². The molecule has 368 valence electrons. The molecule has 0 aromatic carbocycles. The van der Waals surface area contributed by atoms with Crippen molar-refractivity contribution in [1.29, 1.82) is 0 Å². The molecule has 0 aromatic rings. The lowest BCUT2D eigenvalue weighted by molar-refractivity contribution is -0.0511. The van der Waals surface area contributed by atoms with Crippen molar-refractivity contribution in [1.82, 2.24) is 44.5 Å². The molecule has 6 heterocycles. The van der Waals surface area contributed by atoms with Crippen LogP contribution in [0.1, 0.15) is 54.4 Å². The minimum absolute atomic E-state index is 0.183. The van der Waals surface area contributed by atoms with Gasteiger partial charge in [-0.25, -0.2) is 0 Å². The van der Waals surface area contributed by atoms with Gasteiger partial charge in [0.2, 0.25) is 0 Å². The Bertz CT molecular complexity index is 1250. The van der Waals surface area contributed by atoms with Gasteiger partial charge in [-0.05, 0) is 23.7 Å². The second-order valence-corrected chi connectivity index (χ2v) is 21.9. The fourth-order valence-corrected chi connectivity index (χ4v) is 11.3. The van der Waals surface area contributed by atoms with Crippen molar-refractivity contribution in [2.75, 3.05) is 211 Å². The van der Waals surface area contributed by atoms with Crippen molar-refractivity contribution in [2.45, 2.75) is 90.6 Å². The smallest absolute Gasteiger partial charge is 0.0594 e. The van der Waals surface area contributed by atoms with Crippen LogP contribution in [0.25, 0.3) is 0 Å². The summed E-state index contributed by atoms with van der Waals surface area (Å²) in [6.07, 6.45) is 2.50. The molecule has 6 rings (SSSR count). The highest BCUT2D eigenvalue weighted by Gasteiger charge is 2.60. The fraction of sp³-hybridized carbons (Fsp3) is 1.00. The summed E-state index contributed by atoms with van der Waals surface area (Å²) >= 11 is 0. The molecule has 6 aliphatic heterocycles. The van der Waals surface area contributed by atoms with E-state index in [0.717, 1.165) is 197 Å². The van der Waals surface area contributed by atoms with Gasteiger partial charge in [0.15, 0.2) is 0 Å². The lowest BCUT2D eigenvalue weighted by Crippen LogP contribution is -2.67. The molecule has 0 spiro atoms. The van der Waals surface area contributed by atoms with Crippen molar-refractivity contribution >= 4 is 0 Å². The maximum absolute atomic E-state index is 6.50. The first-order valence-corrected chi connectivity index (χ1v) is 25.3. The Kier molecular flexibility index (Phi) is 21.6. The standard InChI is InChI=1S/C48H95N9O6/c1-47(2,3)39-49-9-26-60-33-24-56-41-35-43(54(37-41)22-31-61-29-20-52-14-10-50(11-15-52)18-27-58-7)45(56)46-44-36-42(38-55(44)23-32-63-40-48(4,5)6)57(46)25-34-62-30-21-53-16-12-51(13-17-53)19-28-59-8/h41-46,49H,9-40H2,1-8H3/t41-,42-,43-,44-,45?,46?/m0/s1. The minimum Gasteiger partial charge on any atom is -0.383 e. The predicted octanol–water partition coefficient (Wildman–Crippen LogP) is 1.52. The van der Waals surface area contributed by atoms with Crippen LogP contribution in [0.15, 0.2) is 0 Å². The molecular weight excluding hydrogens is 799 g/mol. The van der Waals surface area contributed by atoms with Crippen LogP contribution in [0.5, 0.6) is 0 Å². The topological polar surface area (TPSA) is 93.3 Å². The maximum Gasteiger partial charge on any atom is 0.0594 e. The number of rotatable bonds is 30. The van der Waals surface area contributed by atoms with E-state index >= 15 is 0 Å². The molecule has 63 heavy (non-hydrogen) atoms. The largest absolute Gasteiger partial charge is 0.383 e. The molecule has 6 aliphatic rings. The van der Waals surface area contributed by atoms with Gasteiger partial charge in [-0.3, -0.25) is 39.2 Å². The second kappa shape index (κ2) is 26.2. The Labute approximate surface area is 384 Å². The van der Waals surface area contributed by atoms with Crippen LogP contribution in [0.4, 0.5) is 0 Å². The summed E-state index contributed by atoms with van der Waals surface area (Å²) in [7, 11) is 3.59. The number of ether oxygens (including phenoxy) is 6. The van der Waals surface area contributed by atoms with Crippen molar-refractivity contribution in [3.63, 3.8) is 0 Å². The normalized spacial score (nSPS) is 28.8. The van der Waals surface area contributed by atoms with E-state index in [9.17, 15) is 0 Å². The minimum atomic E-state index is 0.183. The number of piperazine rings is 4. The monoisotopic (exact) mass is 894 g/mol. The molecule has 0 saturated carbocycles. The SMILES string of the molecule is COCCN1CCN(CCOCCN2C[C@@H]3C[C@H]2C(C2[C@@H]4C[C@@H](CN4CCOCC(C)(C)C)N2CCOCCN2CCN(CCOC)CC2)N3CCOCCNCC(C)(C)C)CC1. The molecule has 1 N–H and O–H groups in total. The Hall–Kier alpha value is -0.600. The van der Waals surface area contributed by atoms with Crippen LogP contribution in [0, 0.1) is 10.8 Å². The van der Waals surface area contributed by atoms with Gasteiger partial charge in [-0.15, -0.1) is 0 Å². The molecule has 6 fully saturated rings. The van der Waals surface area contributed by atoms with E-state index in [1.807, 2.05) is 0 Å². The number of hydrogen-bond acceptors (Lipinski definition) is 15. The van der Waals surface area contributed by atoms with Gasteiger partial charge in [0.25, 0.3) is 0 Å². The third kappa shape index (κ3) is 16.6. The molecule has 2 unspecified atom stereocenters. The first-order valence-electron chi connectivity index (χ1n) is 25.3. The van der Waals surface area contributed by atoms with Crippen molar-refractivity contribution in [3.05, 3.63) is 0 Å². The molecule has 0 amide bonds. The molecule has 15 nitrogen and oxygen atoms in total. The van der Waals surface area contributed by atoms with Crippen molar-refractivity contribution < 1.29 is 28.4 Å². The van der Waals surface area contributed by atoms with E-state index in [1.54, 1.807) is 14.2 Å². The molecule has 4 bridgehead atoms. The molecule has 6 atom stereocenters. The summed E-state index contributed by atoms with van der Waals surface area (Å²) in [6.45, 7) is 43.0. The molecule has 0 radical (unpaired) electrons. The Morgan fingerprint density at radius 2 is 0.825 bits per heavy atom. The highest BCUT2D eigenvalue weighted by Crippen LogP contribution is 2.45. The molecule has 15 heteroatoms. The van der Waals surface area contributed by atoms with Gasteiger partial charge >= 0.3 is 0 Å². The highest BCUT2D eigenvalue weighted by atomic mass is 16.5. The second-order valence-electron chi connectivity index (χ2n) is 21.9. The van der Waals surface area contributed by atoms with Crippen molar-refractivity contribution in [3.8, 4) is 0 Å². The first kappa shape index (κ1) is 51.8. The maximum atomic E-state index is 6.50. The van der Waals surface area contributed by atoms with E-state index in [4.69, 9.17) is 28.4 Å². The summed E-state index contributed by atoms with van der Waals surface area (Å²) in [5.74, 6) is 0. The first-order chi connectivity index (χ1) is 30.4. The summed E-state index contributed by atoms with van der Waals surface area (Å²) in [4.78, 5) is 21.6.